The molecule has 7 heteroatoms. The van der Waals surface area contributed by atoms with Gasteiger partial charge in [-0.05, 0) is 24.1 Å². The van der Waals surface area contributed by atoms with E-state index in [2.05, 4.69) is 10.1 Å². The van der Waals surface area contributed by atoms with Crippen molar-refractivity contribution in [3.63, 3.8) is 0 Å². The van der Waals surface area contributed by atoms with Crippen LogP contribution in [0.4, 0.5) is 4.79 Å². The number of amides is 2. The van der Waals surface area contributed by atoms with Gasteiger partial charge in [-0.15, -0.1) is 0 Å². The smallest absolute Gasteiger partial charge is 0.337 e. The molecule has 1 aromatic carbocycles. The highest BCUT2D eigenvalue weighted by Crippen LogP contribution is 2.32. The predicted octanol–water partition coefficient (Wildman–Crippen LogP) is 2.40. The Hall–Kier alpha value is -2.83. The van der Waals surface area contributed by atoms with Crippen molar-refractivity contribution in [1.29, 1.82) is 0 Å². The van der Waals surface area contributed by atoms with Crippen molar-refractivity contribution in [1.82, 2.24) is 10.2 Å². The van der Waals surface area contributed by atoms with Crippen LogP contribution < -0.4 is 5.32 Å². The number of benzene rings is 1. The average Bonchev–Trinajstić information content (AvgIpc) is 2.64. The van der Waals surface area contributed by atoms with Crippen LogP contribution in [0.3, 0.4) is 0 Å². The lowest BCUT2D eigenvalue weighted by atomic mass is 9.92. The molecule has 0 fully saturated rings. The van der Waals surface area contributed by atoms with Gasteiger partial charge in [-0.25, -0.2) is 14.4 Å². The minimum absolute atomic E-state index is 0.293. The summed E-state index contributed by atoms with van der Waals surface area (Å²) >= 11 is 0. The summed E-state index contributed by atoms with van der Waals surface area (Å²) in [5.74, 6) is -0.938. The number of urea groups is 1. The van der Waals surface area contributed by atoms with Gasteiger partial charge in [0.15, 0.2) is 0 Å². The molecule has 134 valence electrons. The van der Waals surface area contributed by atoms with Gasteiger partial charge in [-0.1, -0.05) is 25.5 Å². The van der Waals surface area contributed by atoms with E-state index in [1.807, 2.05) is 6.92 Å². The van der Waals surface area contributed by atoms with Gasteiger partial charge in [0.1, 0.15) is 0 Å². The summed E-state index contributed by atoms with van der Waals surface area (Å²) in [5, 5.41) is 2.81. The van der Waals surface area contributed by atoms with Crippen LogP contribution in [0.5, 0.6) is 0 Å². The number of rotatable bonds is 5. The van der Waals surface area contributed by atoms with Crippen molar-refractivity contribution in [2.45, 2.75) is 25.8 Å². The Morgan fingerprint density at radius 1 is 1.12 bits per heavy atom. The first-order valence-electron chi connectivity index (χ1n) is 7.98. The monoisotopic (exact) mass is 346 g/mol. The normalized spacial score (nSPS) is 17.2. The van der Waals surface area contributed by atoms with Crippen LogP contribution >= 0.6 is 0 Å². The number of hydrogen-bond acceptors (Lipinski definition) is 5. The number of carbonyl (C=O) groups excluding carboxylic acids is 3. The zero-order chi connectivity index (χ0) is 18.6. The summed E-state index contributed by atoms with van der Waals surface area (Å²) in [5.41, 5.74) is 2.11. The molecule has 0 unspecified atom stereocenters. The van der Waals surface area contributed by atoms with Gasteiger partial charge in [0, 0.05) is 12.7 Å². The van der Waals surface area contributed by atoms with Gasteiger partial charge in [0.2, 0.25) is 0 Å². The van der Waals surface area contributed by atoms with Crippen LogP contribution in [-0.4, -0.2) is 44.1 Å². The van der Waals surface area contributed by atoms with Gasteiger partial charge in [-0.3, -0.25) is 0 Å². The molecule has 2 rings (SSSR count). The Labute approximate surface area is 146 Å². The molecule has 7 nitrogen and oxygen atoms in total. The Balaban J connectivity index is 2.51. The molecule has 1 atom stereocenters. The number of ether oxygens (including phenoxy) is 2. The third-order valence-electron chi connectivity index (χ3n) is 4.13. The first kappa shape index (κ1) is 18.5. The first-order chi connectivity index (χ1) is 11.9. The van der Waals surface area contributed by atoms with E-state index in [9.17, 15) is 14.4 Å². The Kier molecular flexibility index (Phi) is 5.80. The third-order valence-corrected chi connectivity index (χ3v) is 4.13. The predicted molar refractivity (Wildman–Crippen MR) is 90.8 cm³/mol. The highest BCUT2D eigenvalue weighted by Gasteiger charge is 2.36. The van der Waals surface area contributed by atoms with Gasteiger partial charge < -0.3 is 19.7 Å². The zero-order valence-electron chi connectivity index (χ0n) is 14.8. The first-order valence-corrected chi connectivity index (χ1v) is 7.98. The number of allylic oxidation sites excluding steroid dienone is 1. The second kappa shape index (κ2) is 7.83. The second-order valence-corrected chi connectivity index (χ2v) is 5.66. The molecule has 0 aliphatic carbocycles. The maximum absolute atomic E-state index is 12.4. The molecule has 0 bridgehead atoms. The minimum atomic E-state index is -0.635. The van der Waals surface area contributed by atoms with E-state index in [1.165, 1.54) is 19.1 Å². The van der Waals surface area contributed by atoms with Gasteiger partial charge >= 0.3 is 18.0 Å². The van der Waals surface area contributed by atoms with Crippen molar-refractivity contribution < 1.29 is 23.9 Å². The number of esters is 2. The molecule has 25 heavy (non-hydrogen) atoms. The highest BCUT2D eigenvalue weighted by molar-refractivity contribution is 5.95. The summed E-state index contributed by atoms with van der Waals surface area (Å²) in [6.07, 6.45) is 1.35. The van der Waals surface area contributed by atoms with E-state index >= 15 is 0 Å². The molecule has 1 aromatic rings. The zero-order valence-corrected chi connectivity index (χ0v) is 14.8. The maximum Gasteiger partial charge on any atom is 0.337 e. The van der Waals surface area contributed by atoms with Gasteiger partial charge in [0.25, 0.3) is 0 Å². The fourth-order valence-electron chi connectivity index (χ4n) is 2.83. The van der Waals surface area contributed by atoms with Crippen molar-refractivity contribution in [2.75, 3.05) is 21.3 Å². The molecule has 0 spiro atoms. The molecule has 1 aliphatic rings. The van der Waals surface area contributed by atoms with Crippen LogP contribution in [0.25, 0.3) is 0 Å². The summed E-state index contributed by atoms with van der Waals surface area (Å²) in [4.78, 5) is 37.7. The fraction of sp³-hybridized carbons (Fsp3) is 0.389. The number of hydrogen-bond donors (Lipinski definition) is 1. The molecule has 1 heterocycles. The van der Waals surface area contributed by atoms with Crippen LogP contribution in [0.15, 0.2) is 35.5 Å². The van der Waals surface area contributed by atoms with E-state index in [-0.39, 0.29) is 6.03 Å². The Morgan fingerprint density at radius 2 is 1.72 bits per heavy atom. The standard InChI is InChI=1S/C18H22N2O5/c1-5-6-13-14(17(22)25-4)15(19-18(23)20(13)2)11-7-9-12(10-8-11)16(21)24-3/h7-10,15H,5-6H2,1-4H3,(H,19,23)/t15-/m1/s1. The number of nitrogens with zero attached hydrogens (tertiary/aromatic N) is 1. The maximum atomic E-state index is 12.4. The van der Waals surface area contributed by atoms with E-state index in [0.717, 1.165) is 6.42 Å². The molecule has 2 amide bonds. The van der Waals surface area contributed by atoms with E-state index in [0.29, 0.717) is 28.8 Å². The van der Waals surface area contributed by atoms with Crippen molar-refractivity contribution in [3.05, 3.63) is 46.7 Å². The lowest BCUT2D eigenvalue weighted by molar-refractivity contribution is -0.136. The van der Waals surface area contributed by atoms with Crippen molar-refractivity contribution >= 4 is 18.0 Å². The van der Waals surface area contributed by atoms with Crippen LogP contribution in [-0.2, 0) is 14.3 Å². The van der Waals surface area contributed by atoms with E-state index < -0.39 is 18.0 Å². The van der Waals surface area contributed by atoms with E-state index in [4.69, 9.17) is 4.74 Å². The highest BCUT2D eigenvalue weighted by atomic mass is 16.5. The largest absolute Gasteiger partial charge is 0.466 e. The summed E-state index contributed by atoms with van der Waals surface area (Å²) in [6.45, 7) is 1.97. The molecule has 0 radical (unpaired) electrons. The Morgan fingerprint density at radius 3 is 2.24 bits per heavy atom. The summed E-state index contributed by atoms with van der Waals surface area (Å²) in [6, 6.07) is 5.65. The lowest BCUT2D eigenvalue weighted by Crippen LogP contribution is -2.46. The summed E-state index contributed by atoms with van der Waals surface area (Å²) in [7, 11) is 4.25. The van der Waals surface area contributed by atoms with Gasteiger partial charge in [-0.2, -0.15) is 0 Å². The molecule has 1 N–H and O–H groups in total. The van der Waals surface area contributed by atoms with E-state index in [1.54, 1.807) is 31.3 Å². The number of carbonyl (C=O) groups is 3. The Bertz CT molecular complexity index is 709. The summed E-state index contributed by atoms with van der Waals surface area (Å²) < 4.78 is 9.61. The molecule has 0 saturated heterocycles. The molecular weight excluding hydrogens is 324 g/mol. The van der Waals surface area contributed by atoms with Crippen molar-refractivity contribution in [2.24, 2.45) is 0 Å². The minimum Gasteiger partial charge on any atom is -0.466 e. The quantitative estimate of drug-likeness (QED) is 0.828. The van der Waals surface area contributed by atoms with Gasteiger partial charge in [0.05, 0.1) is 31.4 Å². The lowest BCUT2D eigenvalue weighted by Gasteiger charge is -2.34. The van der Waals surface area contributed by atoms with Crippen LogP contribution in [0, 0.1) is 0 Å². The molecule has 0 aromatic heterocycles. The number of methoxy groups -OCH3 is 2. The molecule has 1 aliphatic heterocycles. The molecule has 0 saturated carbocycles. The van der Waals surface area contributed by atoms with Crippen LogP contribution in [0.1, 0.15) is 41.7 Å². The van der Waals surface area contributed by atoms with Crippen molar-refractivity contribution in [3.8, 4) is 0 Å². The topological polar surface area (TPSA) is 84.9 Å². The molecular formula is C18H22N2O5. The average molecular weight is 346 g/mol. The SMILES string of the molecule is CCCC1=C(C(=O)OC)[C@@H](c2ccc(C(=O)OC)cc2)NC(=O)N1C. The number of nitrogens with one attached hydrogen (secondary N) is 1. The third kappa shape index (κ3) is 3.65. The fourth-order valence-corrected chi connectivity index (χ4v) is 2.83. The second-order valence-electron chi connectivity index (χ2n) is 5.66. The van der Waals surface area contributed by atoms with Crippen LogP contribution in [0.2, 0.25) is 0 Å².